The summed E-state index contributed by atoms with van der Waals surface area (Å²) in [6.07, 6.45) is 70.0. The number of rotatable bonds is 61. The fraction of sp³-hybridized carbons (Fsp3) is 0.953. The van der Waals surface area contributed by atoms with E-state index in [0.29, 0.717) is 23.9 Å². The minimum Gasteiger partial charge on any atom is -0.756 e. The molecule has 0 aromatic heterocycles. The number of carbonyl (C=O) groups excluding carboxylic acids is 1. The molecule has 3 unspecified atom stereocenters. The summed E-state index contributed by atoms with van der Waals surface area (Å²) in [6.45, 7) is 4.77. The van der Waals surface area contributed by atoms with Gasteiger partial charge >= 0.3 is 0 Å². The molecule has 0 aliphatic rings. The van der Waals surface area contributed by atoms with Gasteiger partial charge in [-0.25, -0.2) is 0 Å². The summed E-state index contributed by atoms with van der Waals surface area (Å²) in [5.41, 5.74) is 0. The number of phosphoric acid groups is 1. The van der Waals surface area contributed by atoms with Crippen LogP contribution in [0.25, 0.3) is 0 Å². The first-order chi connectivity index (χ1) is 35.5. The van der Waals surface area contributed by atoms with Gasteiger partial charge in [0.2, 0.25) is 5.91 Å². The zero-order valence-corrected chi connectivity index (χ0v) is 50.8. The van der Waals surface area contributed by atoms with E-state index < -0.39 is 20.0 Å². The Morgan fingerprint density at radius 1 is 0.466 bits per heavy atom. The molecule has 9 heteroatoms. The highest BCUT2D eigenvalue weighted by Crippen LogP contribution is 2.38. The van der Waals surface area contributed by atoms with Gasteiger partial charge in [-0.05, 0) is 38.5 Å². The number of aliphatic hydroxyl groups is 1. The molecule has 1 amide bonds. The molecule has 436 valence electrons. The fourth-order valence-corrected chi connectivity index (χ4v) is 10.9. The van der Waals surface area contributed by atoms with Gasteiger partial charge in [-0.1, -0.05) is 309 Å². The average molecular weight is 1050 g/mol. The van der Waals surface area contributed by atoms with Crippen LogP contribution in [0.4, 0.5) is 0 Å². The molecule has 8 nitrogen and oxygen atoms in total. The topological polar surface area (TPSA) is 108 Å². The van der Waals surface area contributed by atoms with Crippen molar-refractivity contribution in [2.45, 2.75) is 353 Å². The molecular formula is C64H129N2O6P. The van der Waals surface area contributed by atoms with E-state index in [1.807, 2.05) is 21.1 Å². The lowest BCUT2D eigenvalue weighted by atomic mass is 10.0. The van der Waals surface area contributed by atoms with Gasteiger partial charge in [-0.3, -0.25) is 9.36 Å². The Bertz CT molecular complexity index is 1200. The molecule has 0 spiro atoms. The molecule has 0 saturated carbocycles. The molecular weight excluding hydrogens is 924 g/mol. The van der Waals surface area contributed by atoms with E-state index in [1.165, 1.54) is 276 Å². The van der Waals surface area contributed by atoms with E-state index in [2.05, 4.69) is 31.3 Å². The summed E-state index contributed by atoms with van der Waals surface area (Å²) < 4.78 is 23.4. The van der Waals surface area contributed by atoms with Crippen molar-refractivity contribution in [1.82, 2.24) is 5.32 Å². The van der Waals surface area contributed by atoms with Crippen LogP contribution in [0.5, 0.6) is 0 Å². The number of quaternary nitrogens is 1. The molecule has 0 heterocycles. The largest absolute Gasteiger partial charge is 0.756 e. The third kappa shape index (κ3) is 58.8. The van der Waals surface area contributed by atoms with Crippen LogP contribution in [0.3, 0.4) is 0 Å². The second-order valence-electron chi connectivity index (χ2n) is 23.8. The van der Waals surface area contributed by atoms with E-state index >= 15 is 0 Å². The normalized spacial score (nSPS) is 13.8. The highest BCUT2D eigenvalue weighted by molar-refractivity contribution is 7.45. The van der Waals surface area contributed by atoms with E-state index in [4.69, 9.17) is 9.05 Å². The minimum absolute atomic E-state index is 0.0158. The molecule has 0 bridgehead atoms. The summed E-state index contributed by atoms with van der Waals surface area (Å²) in [6, 6.07) is -0.796. The number of hydrogen-bond donors (Lipinski definition) is 2. The highest BCUT2D eigenvalue weighted by atomic mass is 31.2. The van der Waals surface area contributed by atoms with Gasteiger partial charge in [-0.15, -0.1) is 0 Å². The first-order valence-electron chi connectivity index (χ1n) is 32.5. The number of aliphatic hydroxyl groups excluding tert-OH is 1. The lowest BCUT2D eigenvalue weighted by Gasteiger charge is -2.30. The van der Waals surface area contributed by atoms with Gasteiger partial charge in [0.1, 0.15) is 13.2 Å². The Balaban J connectivity index is 3.86. The van der Waals surface area contributed by atoms with Crippen molar-refractivity contribution in [3.8, 4) is 0 Å². The smallest absolute Gasteiger partial charge is 0.268 e. The maximum Gasteiger partial charge on any atom is 0.268 e. The van der Waals surface area contributed by atoms with Crippen LogP contribution in [0.2, 0.25) is 0 Å². The molecule has 2 N–H and O–H groups in total. The van der Waals surface area contributed by atoms with E-state index in [9.17, 15) is 19.4 Å². The molecule has 0 aromatic carbocycles. The Labute approximate surface area is 456 Å². The van der Waals surface area contributed by atoms with Gasteiger partial charge in [0.15, 0.2) is 0 Å². The van der Waals surface area contributed by atoms with Crippen molar-refractivity contribution < 1.29 is 32.9 Å². The van der Waals surface area contributed by atoms with Crippen LogP contribution in [-0.2, 0) is 18.4 Å². The Morgan fingerprint density at radius 3 is 1.07 bits per heavy atom. The second kappa shape index (κ2) is 56.0. The number of nitrogens with one attached hydrogen (secondary N) is 1. The number of unbranched alkanes of at least 4 members (excludes halogenated alkanes) is 46. The van der Waals surface area contributed by atoms with Crippen LogP contribution < -0.4 is 10.2 Å². The first-order valence-corrected chi connectivity index (χ1v) is 34.0. The summed E-state index contributed by atoms with van der Waals surface area (Å²) in [5, 5.41) is 14.0. The van der Waals surface area contributed by atoms with Crippen molar-refractivity contribution in [2.75, 3.05) is 40.9 Å². The molecule has 0 aromatic rings. The minimum atomic E-state index is -4.57. The van der Waals surface area contributed by atoms with Crippen molar-refractivity contribution in [3.63, 3.8) is 0 Å². The van der Waals surface area contributed by atoms with Crippen molar-refractivity contribution in [3.05, 3.63) is 12.2 Å². The number of likely N-dealkylation sites (N-methyl/N-ethyl adjacent to an activating group) is 1. The number of nitrogens with zero attached hydrogens (tertiary/aromatic N) is 1. The zero-order valence-electron chi connectivity index (χ0n) is 49.9. The zero-order chi connectivity index (χ0) is 53.5. The van der Waals surface area contributed by atoms with E-state index in [-0.39, 0.29) is 19.1 Å². The molecule has 3 atom stereocenters. The predicted molar refractivity (Wildman–Crippen MR) is 316 cm³/mol. The number of amides is 1. The fourth-order valence-electron chi connectivity index (χ4n) is 10.2. The predicted octanol–water partition coefficient (Wildman–Crippen LogP) is 19.5. The molecule has 73 heavy (non-hydrogen) atoms. The van der Waals surface area contributed by atoms with Crippen LogP contribution in [0, 0.1) is 0 Å². The molecule has 0 fully saturated rings. The Morgan fingerprint density at radius 2 is 0.753 bits per heavy atom. The summed E-state index contributed by atoms with van der Waals surface area (Å²) >= 11 is 0. The first kappa shape index (κ1) is 72.2. The SMILES string of the molecule is CCCCCCCCCC/C=C\CCCCCCCCCCCCCCCCCCCCCCCCCCCC(=O)NC(COP(=O)([O-])OCC[N+](C)(C)C)C(O)CCCCCCCCCCCCCCCC. The van der Waals surface area contributed by atoms with Gasteiger partial charge in [0.05, 0.1) is 39.9 Å². The Kier molecular flexibility index (Phi) is 55.4. The second-order valence-corrected chi connectivity index (χ2v) is 25.2. The summed E-state index contributed by atoms with van der Waals surface area (Å²) in [7, 11) is 1.32. The van der Waals surface area contributed by atoms with Crippen molar-refractivity contribution in [2.24, 2.45) is 0 Å². The summed E-state index contributed by atoms with van der Waals surface area (Å²) in [4.78, 5) is 25.5. The average Bonchev–Trinajstić information content (AvgIpc) is 3.35. The summed E-state index contributed by atoms with van der Waals surface area (Å²) in [5.74, 6) is -0.157. The third-order valence-electron chi connectivity index (χ3n) is 15.3. The van der Waals surface area contributed by atoms with E-state index in [0.717, 1.165) is 38.5 Å². The monoisotopic (exact) mass is 1050 g/mol. The van der Waals surface area contributed by atoms with Gasteiger partial charge in [-0.2, -0.15) is 0 Å². The molecule has 0 saturated heterocycles. The quantitative estimate of drug-likeness (QED) is 0.0272. The van der Waals surface area contributed by atoms with Crippen LogP contribution in [0.1, 0.15) is 341 Å². The number of phosphoric ester groups is 1. The van der Waals surface area contributed by atoms with Crippen LogP contribution in [0.15, 0.2) is 12.2 Å². The van der Waals surface area contributed by atoms with Gasteiger partial charge < -0.3 is 28.8 Å². The van der Waals surface area contributed by atoms with E-state index in [1.54, 1.807) is 0 Å². The molecule has 0 aliphatic carbocycles. The Hall–Kier alpha value is -0.760. The van der Waals surface area contributed by atoms with Gasteiger partial charge in [0, 0.05) is 6.42 Å². The van der Waals surface area contributed by atoms with Gasteiger partial charge in [0.25, 0.3) is 7.82 Å². The molecule has 0 rings (SSSR count). The maximum atomic E-state index is 13.0. The number of carbonyl (C=O) groups is 1. The number of hydrogen-bond acceptors (Lipinski definition) is 6. The van der Waals surface area contributed by atoms with Crippen molar-refractivity contribution >= 4 is 13.7 Å². The van der Waals surface area contributed by atoms with Crippen molar-refractivity contribution in [1.29, 1.82) is 0 Å². The third-order valence-corrected chi connectivity index (χ3v) is 16.2. The highest BCUT2D eigenvalue weighted by Gasteiger charge is 2.24. The maximum absolute atomic E-state index is 13.0. The standard InChI is InChI=1S/C64H129N2O6P/c1-6-8-10-12-14-16-18-20-22-23-24-25-26-27-28-29-30-31-32-33-34-35-36-37-38-39-40-41-42-43-44-46-48-50-52-54-56-58-64(68)65-62(61-72-73(69,70)71-60-59-66(3,4)5)63(67)57-55-53-51-49-47-45-21-19-17-15-13-11-9-7-2/h23-24,62-63,67H,6-22,25-61H2,1-5H3,(H-,65,68,69,70)/b24-23-. The molecule has 0 radical (unpaired) electrons. The van der Waals surface area contributed by atoms with Crippen LogP contribution >= 0.6 is 7.82 Å². The molecule has 0 aliphatic heterocycles. The van der Waals surface area contributed by atoms with Crippen LogP contribution in [-0.4, -0.2) is 68.5 Å². The lowest BCUT2D eigenvalue weighted by Crippen LogP contribution is -2.46. The lowest BCUT2D eigenvalue weighted by molar-refractivity contribution is -0.870. The number of allylic oxidation sites excluding steroid dienone is 2.